The fraction of sp³-hybridized carbons (Fsp3) is 0.556. The summed E-state index contributed by atoms with van der Waals surface area (Å²) in [5.74, 6) is -1.21. The minimum atomic E-state index is -0.873. The van der Waals surface area contributed by atoms with Gasteiger partial charge < -0.3 is 10.1 Å². The van der Waals surface area contributed by atoms with Crippen LogP contribution in [0, 0.1) is 0 Å². The van der Waals surface area contributed by atoms with Crippen molar-refractivity contribution >= 4 is 17.6 Å². The van der Waals surface area contributed by atoms with Crippen LogP contribution in [0.5, 0.6) is 0 Å². The highest BCUT2D eigenvalue weighted by Crippen LogP contribution is 2.34. The molecule has 0 radical (unpaired) electrons. The van der Waals surface area contributed by atoms with Gasteiger partial charge in [-0.25, -0.2) is 4.79 Å². The molecule has 1 aromatic rings. The summed E-state index contributed by atoms with van der Waals surface area (Å²) in [5, 5.41) is 2.67. The lowest BCUT2D eigenvalue weighted by molar-refractivity contribution is -0.150. The van der Waals surface area contributed by atoms with E-state index in [2.05, 4.69) is 35.7 Å². The summed E-state index contributed by atoms with van der Waals surface area (Å²) >= 11 is 0. The number of para-hydroxylation sites is 1. The van der Waals surface area contributed by atoms with Crippen LogP contribution in [-0.2, 0) is 14.3 Å². The number of rotatable bonds is 2. The van der Waals surface area contributed by atoms with E-state index < -0.39 is 11.9 Å². The standard InChI is InChI=1S/C18H26N2O3/c1-18(2,3)20-11-9-13(10-12-20)14-7-5-6-8-15(14)19-16(21)17(22)23-4/h5-8,13H,9-12H2,1-4H3,(H,19,21). The van der Waals surface area contributed by atoms with E-state index in [1.165, 1.54) is 7.11 Å². The fourth-order valence-electron chi connectivity index (χ4n) is 3.09. The predicted octanol–water partition coefficient (Wildman–Crippen LogP) is 2.78. The van der Waals surface area contributed by atoms with Gasteiger partial charge in [0.05, 0.1) is 7.11 Å². The van der Waals surface area contributed by atoms with Crippen molar-refractivity contribution in [3.8, 4) is 0 Å². The number of hydrogen-bond donors (Lipinski definition) is 1. The molecular formula is C18H26N2O3. The third-order valence-electron chi connectivity index (χ3n) is 4.46. The zero-order chi connectivity index (χ0) is 17.0. The van der Waals surface area contributed by atoms with Gasteiger partial charge in [0.25, 0.3) is 0 Å². The Morgan fingerprint density at radius 1 is 1.17 bits per heavy atom. The maximum absolute atomic E-state index is 11.8. The first kappa shape index (κ1) is 17.5. The summed E-state index contributed by atoms with van der Waals surface area (Å²) in [7, 11) is 1.20. The summed E-state index contributed by atoms with van der Waals surface area (Å²) in [6, 6.07) is 7.70. The molecule has 1 fully saturated rings. The number of nitrogens with zero attached hydrogens (tertiary/aromatic N) is 1. The lowest BCUT2D eigenvalue weighted by Crippen LogP contribution is -2.45. The van der Waals surface area contributed by atoms with Crippen molar-refractivity contribution in [3.05, 3.63) is 29.8 Å². The van der Waals surface area contributed by atoms with Gasteiger partial charge in [0.15, 0.2) is 0 Å². The first-order chi connectivity index (χ1) is 10.8. The molecule has 0 bridgehead atoms. The molecule has 0 atom stereocenters. The first-order valence-electron chi connectivity index (χ1n) is 8.06. The van der Waals surface area contributed by atoms with Crippen molar-refractivity contribution < 1.29 is 14.3 Å². The lowest BCUT2D eigenvalue weighted by Gasteiger charge is -2.41. The molecule has 126 valence electrons. The average Bonchev–Trinajstić information content (AvgIpc) is 2.54. The second kappa shape index (κ2) is 7.13. The molecule has 0 spiro atoms. The van der Waals surface area contributed by atoms with Crippen molar-refractivity contribution in [2.45, 2.75) is 45.1 Å². The highest BCUT2D eigenvalue weighted by Gasteiger charge is 2.29. The normalized spacial score (nSPS) is 16.9. The lowest BCUT2D eigenvalue weighted by atomic mass is 9.86. The summed E-state index contributed by atoms with van der Waals surface area (Å²) in [4.78, 5) is 25.6. The zero-order valence-electron chi connectivity index (χ0n) is 14.4. The Labute approximate surface area is 138 Å². The Morgan fingerprint density at radius 2 is 1.78 bits per heavy atom. The van der Waals surface area contributed by atoms with E-state index >= 15 is 0 Å². The fourth-order valence-corrected chi connectivity index (χ4v) is 3.09. The van der Waals surface area contributed by atoms with E-state index in [1.807, 2.05) is 24.3 Å². The minimum absolute atomic E-state index is 0.184. The van der Waals surface area contributed by atoms with E-state index in [0.717, 1.165) is 31.5 Å². The Hall–Kier alpha value is -1.88. The van der Waals surface area contributed by atoms with Gasteiger partial charge in [0, 0.05) is 11.2 Å². The van der Waals surface area contributed by atoms with Crippen molar-refractivity contribution in [1.82, 2.24) is 4.90 Å². The molecule has 1 N–H and O–H groups in total. The Kier molecular flexibility index (Phi) is 5.42. The van der Waals surface area contributed by atoms with Crippen LogP contribution in [0.2, 0.25) is 0 Å². The quantitative estimate of drug-likeness (QED) is 0.673. The van der Waals surface area contributed by atoms with Gasteiger partial charge in [-0.05, 0) is 64.3 Å². The summed E-state index contributed by atoms with van der Waals surface area (Å²) in [5.41, 5.74) is 1.99. The van der Waals surface area contributed by atoms with Crippen LogP contribution in [0.25, 0.3) is 0 Å². The largest absolute Gasteiger partial charge is 0.462 e. The van der Waals surface area contributed by atoms with Gasteiger partial charge >= 0.3 is 11.9 Å². The number of carbonyl (C=O) groups is 2. The number of anilines is 1. The van der Waals surface area contributed by atoms with Crippen LogP contribution >= 0.6 is 0 Å². The average molecular weight is 318 g/mol. The molecular weight excluding hydrogens is 292 g/mol. The van der Waals surface area contributed by atoms with E-state index in [4.69, 9.17) is 0 Å². The Balaban J connectivity index is 2.10. The van der Waals surface area contributed by atoms with Crippen molar-refractivity contribution in [3.63, 3.8) is 0 Å². The van der Waals surface area contributed by atoms with E-state index in [0.29, 0.717) is 11.6 Å². The molecule has 1 aliphatic heterocycles. The Morgan fingerprint density at radius 3 is 2.35 bits per heavy atom. The van der Waals surface area contributed by atoms with Gasteiger partial charge in [-0.2, -0.15) is 0 Å². The molecule has 1 aromatic carbocycles. The molecule has 1 heterocycles. The number of ether oxygens (including phenoxy) is 1. The number of benzene rings is 1. The first-order valence-corrected chi connectivity index (χ1v) is 8.06. The number of carbonyl (C=O) groups excluding carboxylic acids is 2. The molecule has 23 heavy (non-hydrogen) atoms. The third-order valence-corrected chi connectivity index (χ3v) is 4.46. The topological polar surface area (TPSA) is 58.6 Å². The molecule has 0 aliphatic carbocycles. The monoisotopic (exact) mass is 318 g/mol. The highest BCUT2D eigenvalue weighted by molar-refractivity contribution is 6.37. The third kappa shape index (κ3) is 4.32. The molecule has 0 aromatic heterocycles. The van der Waals surface area contributed by atoms with E-state index in [9.17, 15) is 9.59 Å². The Bertz CT molecular complexity index is 570. The van der Waals surface area contributed by atoms with Gasteiger partial charge in [0.2, 0.25) is 0 Å². The maximum atomic E-state index is 11.8. The molecule has 0 saturated carbocycles. The maximum Gasteiger partial charge on any atom is 0.396 e. The van der Waals surface area contributed by atoms with Crippen molar-refractivity contribution in [2.75, 3.05) is 25.5 Å². The van der Waals surface area contributed by atoms with Gasteiger partial charge in [-0.3, -0.25) is 9.69 Å². The van der Waals surface area contributed by atoms with Crippen LogP contribution in [0.4, 0.5) is 5.69 Å². The number of likely N-dealkylation sites (tertiary alicyclic amines) is 1. The van der Waals surface area contributed by atoms with Crippen LogP contribution < -0.4 is 5.32 Å². The number of piperidine rings is 1. The van der Waals surface area contributed by atoms with Gasteiger partial charge in [-0.1, -0.05) is 18.2 Å². The second-order valence-corrected chi connectivity index (χ2v) is 6.97. The van der Waals surface area contributed by atoms with Crippen LogP contribution in [-0.4, -0.2) is 42.5 Å². The number of nitrogens with one attached hydrogen (secondary N) is 1. The van der Waals surface area contributed by atoms with Crippen LogP contribution in [0.1, 0.15) is 45.1 Å². The molecule has 5 heteroatoms. The molecule has 5 nitrogen and oxygen atoms in total. The second-order valence-electron chi connectivity index (χ2n) is 6.97. The summed E-state index contributed by atoms with van der Waals surface area (Å²) in [6.07, 6.45) is 2.09. The predicted molar refractivity (Wildman–Crippen MR) is 90.4 cm³/mol. The van der Waals surface area contributed by atoms with Crippen molar-refractivity contribution in [1.29, 1.82) is 0 Å². The summed E-state index contributed by atoms with van der Waals surface area (Å²) < 4.78 is 4.46. The molecule has 1 aliphatic rings. The smallest absolute Gasteiger partial charge is 0.396 e. The SMILES string of the molecule is COC(=O)C(=O)Nc1ccccc1C1CCN(C(C)(C)C)CC1. The van der Waals surface area contributed by atoms with E-state index in [-0.39, 0.29) is 5.54 Å². The number of esters is 1. The molecule has 0 unspecified atom stereocenters. The summed E-state index contributed by atoms with van der Waals surface area (Å²) in [6.45, 7) is 8.77. The van der Waals surface area contributed by atoms with Crippen LogP contribution in [0.3, 0.4) is 0 Å². The highest BCUT2D eigenvalue weighted by atomic mass is 16.5. The zero-order valence-corrected chi connectivity index (χ0v) is 14.4. The van der Waals surface area contributed by atoms with Gasteiger partial charge in [0.1, 0.15) is 0 Å². The number of hydrogen-bond acceptors (Lipinski definition) is 4. The van der Waals surface area contributed by atoms with Crippen LogP contribution in [0.15, 0.2) is 24.3 Å². The van der Waals surface area contributed by atoms with Gasteiger partial charge in [-0.15, -0.1) is 0 Å². The minimum Gasteiger partial charge on any atom is -0.462 e. The van der Waals surface area contributed by atoms with Crippen molar-refractivity contribution in [2.24, 2.45) is 0 Å². The number of amides is 1. The molecule has 1 saturated heterocycles. The molecule has 2 rings (SSSR count). The molecule has 1 amide bonds. The van der Waals surface area contributed by atoms with E-state index in [1.54, 1.807) is 0 Å². The number of methoxy groups -OCH3 is 1.